The fourth-order valence-corrected chi connectivity index (χ4v) is 3.07. The lowest BCUT2D eigenvalue weighted by molar-refractivity contribution is 0.0997. The number of rotatable bonds is 3. The Bertz CT molecular complexity index is 320. The lowest BCUT2D eigenvalue weighted by Gasteiger charge is -2.08. The van der Waals surface area contributed by atoms with Crippen molar-refractivity contribution in [2.24, 2.45) is 0 Å². The van der Waals surface area contributed by atoms with Gasteiger partial charge in [0.05, 0.1) is 11.4 Å². The second-order valence-electron chi connectivity index (χ2n) is 3.72. The van der Waals surface area contributed by atoms with Gasteiger partial charge in [-0.05, 0) is 44.4 Å². The maximum atomic E-state index is 11.6. The molecule has 1 heterocycles. The van der Waals surface area contributed by atoms with Crippen LogP contribution < -0.4 is 5.32 Å². The number of ketones is 1. The van der Waals surface area contributed by atoms with Crippen LogP contribution in [0.2, 0.25) is 0 Å². The lowest BCUT2D eigenvalue weighted by atomic mass is 9.99. The standard InChI is InChI=1S/C11H15NOS/c1-12-7-9(13)11-6-8-4-2-3-5-10(8)14-11/h6,12H,2-5,7H2,1H3. The summed E-state index contributed by atoms with van der Waals surface area (Å²) in [5.41, 5.74) is 1.42. The van der Waals surface area contributed by atoms with Crippen LogP contribution in [0.1, 0.15) is 33.0 Å². The third-order valence-corrected chi connectivity index (χ3v) is 3.89. The number of carbonyl (C=O) groups excluding carboxylic acids is 1. The predicted molar refractivity (Wildman–Crippen MR) is 59.2 cm³/mol. The molecule has 0 unspecified atom stereocenters. The molecule has 1 aliphatic carbocycles. The van der Waals surface area contributed by atoms with E-state index in [4.69, 9.17) is 0 Å². The van der Waals surface area contributed by atoms with Crippen molar-refractivity contribution in [3.05, 3.63) is 21.4 Å². The Balaban J connectivity index is 2.19. The molecule has 0 amide bonds. The van der Waals surface area contributed by atoms with E-state index in [-0.39, 0.29) is 5.78 Å². The molecular weight excluding hydrogens is 194 g/mol. The molecule has 1 N–H and O–H groups in total. The molecule has 0 radical (unpaired) electrons. The van der Waals surface area contributed by atoms with Crippen LogP contribution in [0.5, 0.6) is 0 Å². The second kappa shape index (κ2) is 4.24. The minimum absolute atomic E-state index is 0.229. The van der Waals surface area contributed by atoms with Crippen LogP contribution in [0, 0.1) is 0 Å². The Morgan fingerprint density at radius 3 is 3.00 bits per heavy atom. The Morgan fingerprint density at radius 2 is 2.29 bits per heavy atom. The summed E-state index contributed by atoms with van der Waals surface area (Å²) in [4.78, 5) is 14.0. The van der Waals surface area contributed by atoms with E-state index in [0.29, 0.717) is 6.54 Å². The molecule has 0 saturated heterocycles. The Labute approximate surface area is 88.3 Å². The van der Waals surface area contributed by atoms with Gasteiger partial charge in [0, 0.05) is 4.88 Å². The monoisotopic (exact) mass is 209 g/mol. The van der Waals surface area contributed by atoms with E-state index in [0.717, 1.165) is 4.88 Å². The summed E-state index contributed by atoms with van der Waals surface area (Å²) in [6.45, 7) is 0.458. The van der Waals surface area contributed by atoms with E-state index < -0.39 is 0 Å². The zero-order valence-corrected chi connectivity index (χ0v) is 9.25. The minimum Gasteiger partial charge on any atom is -0.313 e. The third kappa shape index (κ3) is 1.88. The van der Waals surface area contributed by atoms with Crippen LogP contribution in [-0.4, -0.2) is 19.4 Å². The first kappa shape index (κ1) is 9.87. The van der Waals surface area contributed by atoms with Gasteiger partial charge in [-0.25, -0.2) is 0 Å². The lowest BCUT2D eigenvalue weighted by Crippen LogP contribution is -2.17. The van der Waals surface area contributed by atoms with E-state index in [2.05, 4.69) is 11.4 Å². The maximum absolute atomic E-state index is 11.6. The van der Waals surface area contributed by atoms with E-state index >= 15 is 0 Å². The van der Waals surface area contributed by atoms with Crippen LogP contribution in [0.25, 0.3) is 0 Å². The summed E-state index contributed by atoms with van der Waals surface area (Å²) in [6.07, 6.45) is 4.90. The smallest absolute Gasteiger partial charge is 0.186 e. The largest absolute Gasteiger partial charge is 0.313 e. The fraction of sp³-hybridized carbons (Fsp3) is 0.545. The number of aryl methyl sites for hydroxylation is 2. The zero-order chi connectivity index (χ0) is 9.97. The highest BCUT2D eigenvalue weighted by molar-refractivity contribution is 7.14. The van der Waals surface area contributed by atoms with Crippen molar-refractivity contribution in [2.45, 2.75) is 25.7 Å². The maximum Gasteiger partial charge on any atom is 0.186 e. The van der Waals surface area contributed by atoms with Crippen LogP contribution in [0.15, 0.2) is 6.07 Å². The topological polar surface area (TPSA) is 29.1 Å². The summed E-state index contributed by atoms with van der Waals surface area (Å²) in [5.74, 6) is 0.229. The van der Waals surface area contributed by atoms with Gasteiger partial charge in [-0.2, -0.15) is 0 Å². The van der Waals surface area contributed by atoms with Crippen molar-refractivity contribution < 1.29 is 4.79 Å². The van der Waals surface area contributed by atoms with E-state index in [1.54, 1.807) is 11.3 Å². The molecule has 3 heteroatoms. The summed E-state index contributed by atoms with van der Waals surface area (Å²) >= 11 is 1.69. The molecule has 0 atom stereocenters. The summed E-state index contributed by atoms with van der Waals surface area (Å²) in [5, 5.41) is 2.90. The highest BCUT2D eigenvalue weighted by Crippen LogP contribution is 2.29. The van der Waals surface area contributed by atoms with Crippen LogP contribution >= 0.6 is 11.3 Å². The number of Topliss-reactive ketones (excluding diaryl/α,β-unsaturated/α-hetero) is 1. The number of carbonyl (C=O) groups is 1. The average Bonchev–Trinajstić information content (AvgIpc) is 2.61. The Hall–Kier alpha value is -0.670. The highest BCUT2D eigenvalue weighted by Gasteiger charge is 2.16. The first-order chi connectivity index (χ1) is 6.81. The molecule has 1 aromatic rings. The van der Waals surface area contributed by atoms with Crippen LogP contribution in [0.3, 0.4) is 0 Å². The van der Waals surface area contributed by atoms with Gasteiger partial charge < -0.3 is 5.32 Å². The first-order valence-corrected chi connectivity index (χ1v) is 5.92. The molecule has 0 spiro atoms. The number of likely N-dealkylation sites (N-methyl/N-ethyl adjacent to an activating group) is 1. The zero-order valence-electron chi connectivity index (χ0n) is 8.43. The van der Waals surface area contributed by atoms with Crippen molar-refractivity contribution in [1.82, 2.24) is 5.32 Å². The van der Waals surface area contributed by atoms with E-state index in [9.17, 15) is 4.79 Å². The molecule has 1 aliphatic rings. The van der Waals surface area contributed by atoms with Gasteiger partial charge in [-0.15, -0.1) is 11.3 Å². The number of nitrogens with one attached hydrogen (secondary N) is 1. The van der Waals surface area contributed by atoms with Crippen molar-refractivity contribution >= 4 is 17.1 Å². The number of thiophene rings is 1. The van der Waals surface area contributed by atoms with Gasteiger partial charge in [0.15, 0.2) is 5.78 Å². The molecule has 2 rings (SSSR count). The number of hydrogen-bond donors (Lipinski definition) is 1. The van der Waals surface area contributed by atoms with Crippen LogP contribution in [0.4, 0.5) is 0 Å². The van der Waals surface area contributed by atoms with Gasteiger partial charge in [0.2, 0.25) is 0 Å². The molecule has 0 bridgehead atoms. The SMILES string of the molecule is CNCC(=O)c1cc2c(s1)CCCC2. The molecule has 1 aromatic heterocycles. The summed E-state index contributed by atoms with van der Waals surface area (Å²) in [7, 11) is 1.81. The first-order valence-electron chi connectivity index (χ1n) is 5.10. The van der Waals surface area contributed by atoms with E-state index in [1.165, 1.54) is 36.1 Å². The molecule has 0 fully saturated rings. The molecule has 2 nitrogen and oxygen atoms in total. The predicted octanol–water partition coefficient (Wildman–Crippen LogP) is 2.03. The quantitative estimate of drug-likeness (QED) is 0.772. The minimum atomic E-state index is 0.229. The number of hydrogen-bond acceptors (Lipinski definition) is 3. The molecule has 14 heavy (non-hydrogen) atoms. The van der Waals surface area contributed by atoms with Gasteiger partial charge in [0.25, 0.3) is 0 Å². The summed E-state index contributed by atoms with van der Waals surface area (Å²) in [6, 6.07) is 2.10. The van der Waals surface area contributed by atoms with Crippen molar-refractivity contribution in [3.63, 3.8) is 0 Å². The fourth-order valence-electron chi connectivity index (χ4n) is 1.88. The van der Waals surface area contributed by atoms with Gasteiger partial charge in [0.1, 0.15) is 0 Å². The number of fused-ring (bicyclic) bond motifs is 1. The average molecular weight is 209 g/mol. The Morgan fingerprint density at radius 1 is 1.50 bits per heavy atom. The second-order valence-corrected chi connectivity index (χ2v) is 4.86. The van der Waals surface area contributed by atoms with Crippen molar-refractivity contribution in [2.75, 3.05) is 13.6 Å². The van der Waals surface area contributed by atoms with Gasteiger partial charge >= 0.3 is 0 Å². The molecule has 76 valence electrons. The molecule has 0 saturated carbocycles. The van der Waals surface area contributed by atoms with Crippen LogP contribution in [-0.2, 0) is 12.8 Å². The van der Waals surface area contributed by atoms with E-state index in [1.807, 2.05) is 7.05 Å². The molecule has 0 aromatic carbocycles. The normalized spacial score (nSPS) is 15.2. The molecular formula is C11H15NOS. The van der Waals surface area contributed by atoms with Crippen molar-refractivity contribution in [1.29, 1.82) is 0 Å². The van der Waals surface area contributed by atoms with Crippen molar-refractivity contribution in [3.8, 4) is 0 Å². The van der Waals surface area contributed by atoms with Gasteiger partial charge in [-0.1, -0.05) is 0 Å². The van der Waals surface area contributed by atoms with Gasteiger partial charge in [-0.3, -0.25) is 4.79 Å². The molecule has 0 aliphatic heterocycles. The Kier molecular flexibility index (Phi) is 2.99. The highest BCUT2D eigenvalue weighted by atomic mass is 32.1. The third-order valence-electron chi connectivity index (χ3n) is 2.61. The summed E-state index contributed by atoms with van der Waals surface area (Å²) < 4.78 is 0.